The number of piperazine rings is 1. The summed E-state index contributed by atoms with van der Waals surface area (Å²) in [6.45, 7) is 12.5. The van der Waals surface area contributed by atoms with Crippen LogP contribution in [0.1, 0.15) is 46.1 Å². The monoisotopic (exact) mass is 473 g/mol. The molecule has 2 aromatic carbocycles. The number of carbonyl (C=O) groups excluding carboxylic acids is 1. The Balaban J connectivity index is 1.58. The number of hydrogen-bond donors (Lipinski definition) is 0. The first-order valence-electron chi connectivity index (χ1n) is 12.0. The summed E-state index contributed by atoms with van der Waals surface area (Å²) in [6.07, 6.45) is 0. The molecule has 4 atom stereocenters. The first kappa shape index (κ1) is 24.6. The van der Waals surface area contributed by atoms with Gasteiger partial charge in [0.25, 0.3) is 0 Å². The molecule has 2 saturated heterocycles. The van der Waals surface area contributed by atoms with Crippen molar-refractivity contribution in [2.45, 2.75) is 58.2 Å². The topological polar surface area (TPSA) is 26.8 Å². The summed E-state index contributed by atoms with van der Waals surface area (Å²) in [5, 5.41) is 0. The van der Waals surface area contributed by atoms with Crippen molar-refractivity contribution in [3.8, 4) is 0 Å². The molecule has 0 saturated carbocycles. The molecule has 0 aromatic heterocycles. The van der Waals surface area contributed by atoms with E-state index in [9.17, 15) is 18.0 Å². The predicted molar refractivity (Wildman–Crippen MR) is 128 cm³/mol. The van der Waals surface area contributed by atoms with Crippen molar-refractivity contribution in [3.63, 3.8) is 0 Å². The van der Waals surface area contributed by atoms with E-state index in [1.54, 1.807) is 12.1 Å². The molecule has 1 amide bonds. The largest absolute Gasteiger partial charge is 0.363 e. The minimum Gasteiger partial charge on any atom is -0.363 e. The first-order valence-corrected chi connectivity index (χ1v) is 12.0. The van der Waals surface area contributed by atoms with Crippen LogP contribution in [0.4, 0.5) is 18.9 Å². The second-order valence-electron chi connectivity index (χ2n) is 10.8. The van der Waals surface area contributed by atoms with E-state index in [-0.39, 0.29) is 35.3 Å². The van der Waals surface area contributed by atoms with E-state index in [1.807, 2.05) is 4.90 Å². The van der Waals surface area contributed by atoms with Gasteiger partial charge in [-0.15, -0.1) is 0 Å². The Kier molecular flexibility index (Phi) is 6.69. The number of hydrogen-bond acceptors (Lipinski definition) is 3. The third-order valence-corrected chi connectivity index (χ3v) is 7.30. The first-order chi connectivity index (χ1) is 16.0. The Morgan fingerprint density at radius 3 is 2.00 bits per heavy atom. The molecule has 34 heavy (non-hydrogen) atoms. The number of halogens is 3. The van der Waals surface area contributed by atoms with Gasteiger partial charge in [-0.2, -0.15) is 0 Å². The fourth-order valence-electron chi connectivity index (χ4n) is 5.58. The van der Waals surface area contributed by atoms with Crippen LogP contribution < -0.4 is 4.90 Å². The molecule has 2 aliphatic rings. The average Bonchev–Trinajstić information content (AvgIpc) is 3.19. The van der Waals surface area contributed by atoms with Crippen LogP contribution in [0.5, 0.6) is 0 Å². The molecular formula is C27H34F3N3O. The Hall–Kier alpha value is -2.54. The molecule has 2 heterocycles. The van der Waals surface area contributed by atoms with Gasteiger partial charge in [0.2, 0.25) is 5.91 Å². The zero-order chi connectivity index (χ0) is 24.8. The fourth-order valence-corrected chi connectivity index (χ4v) is 5.58. The highest BCUT2D eigenvalue weighted by Gasteiger charge is 2.45. The lowest BCUT2D eigenvalue weighted by Crippen LogP contribution is -2.59. The quantitative estimate of drug-likeness (QED) is 0.625. The minimum atomic E-state index is -0.616. The maximum atomic E-state index is 14.8. The Bertz CT molecular complexity index is 1020. The van der Waals surface area contributed by atoms with Crippen LogP contribution >= 0.6 is 0 Å². The number of benzene rings is 2. The second kappa shape index (κ2) is 9.25. The van der Waals surface area contributed by atoms with Crippen molar-refractivity contribution >= 4 is 11.6 Å². The van der Waals surface area contributed by atoms with Gasteiger partial charge in [0, 0.05) is 61.5 Å². The van der Waals surface area contributed by atoms with Gasteiger partial charge in [0.1, 0.15) is 17.5 Å². The number of anilines is 1. The van der Waals surface area contributed by atoms with E-state index in [0.717, 1.165) is 11.8 Å². The van der Waals surface area contributed by atoms with E-state index < -0.39 is 17.6 Å². The third kappa shape index (κ3) is 4.81. The van der Waals surface area contributed by atoms with E-state index in [1.165, 1.54) is 24.3 Å². The highest BCUT2D eigenvalue weighted by Crippen LogP contribution is 2.39. The maximum absolute atomic E-state index is 14.8. The summed E-state index contributed by atoms with van der Waals surface area (Å²) in [5.74, 6) is -2.22. The van der Waals surface area contributed by atoms with Crippen molar-refractivity contribution in [1.29, 1.82) is 0 Å². The van der Waals surface area contributed by atoms with Gasteiger partial charge in [-0.05, 0) is 70.5 Å². The Morgan fingerprint density at radius 2 is 1.44 bits per heavy atom. The summed E-state index contributed by atoms with van der Waals surface area (Å²) in [6, 6.07) is 10.2. The summed E-state index contributed by atoms with van der Waals surface area (Å²) in [7, 11) is 0. The lowest BCUT2D eigenvalue weighted by Gasteiger charge is -2.46. The minimum absolute atomic E-state index is 0.0120. The molecule has 0 aliphatic carbocycles. The average molecular weight is 474 g/mol. The molecule has 7 heteroatoms. The molecule has 0 unspecified atom stereocenters. The van der Waals surface area contributed by atoms with Gasteiger partial charge in [-0.1, -0.05) is 6.07 Å². The van der Waals surface area contributed by atoms with E-state index in [0.29, 0.717) is 31.7 Å². The molecule has 4 rings (SSSR count). The van der Waals surface area contributed by atoms with Crippen LogP contribution in [0, 0.1) is 23.4 Å². The van der Waals surface area contributed by atoms with Gasteiger partial charge in [0.05, 0.1) is 5.92 Å². The highest BCUT2D eigenvalue weighted by molar-refractivity contribution is 5.81. The summed E-state index contributed by atoms with van der Waals surface area (Å²) >= 11 is 0. The fraction of sp³-hybridized carbons (Fsp3) is 0.519. The molecular weight excluding hydrogens is 439 g/mol. The molecule has 184 valence electrons. The molecule has 0 spiro atoms. The van der Waals surface area contributed by atoms with Gasteiger partial charge in [-0.25, -0.2) is 13.2 Å². The molecule has 2 fully saturated rings. The molecule has 0 bridgehead atoms. The predicted octanol–water partition coefficient (Wildman–Crippen LogP) is 5.04. The lowest BCUT2D eigenvalue weighted by atomic mass is 9.87. The summed E-state index contributed by atoms with van der Waals surface area (Å²) < 4.78 is 41.8. The van der Waals surface area contributed by atoms with E-state index in [4.69, 9.17) is 0 Å². The van der Waals surface area contributed by atoms with Crippen molar-refractivity contribution in [2.24, 2.45) is 5.92 Å². The SMILES string of the molecule is C[C@@H]1CN(C(=O)[C@H]2CN(C(C)(C)C)C[C@@H]2c2ccc(F)cc2F)C[C@H](C)N1c1ccc(F)cc1. The molecule has 2 aromatic rings. The zero-order valence-electron chi connectivity index (χ0n) is 20.6. The lowest BCUT2D eigenvalue weighted by molar-refractivity contribution is -0.137. The third-order valence-electron chi connectivity index (χ3n) is 7.30. The van der Waals surface area contributed by atoms with Crippen LogP contribution in [-0.2, 0) is 4.79 Å². The maximum Gasteiger partial charge on any atom is 0.227 e. The number of likely N-dealkylation sites (tertiary alicyclic amines) is 1. The van der Waals surface area contributed by atoms with Crippen LogP contribution in [0.3, 0.4) is 0 Å². The standard InChI is InChI=1S/C27H34F3N3O/c1-17-13-31(14-18(2)33(17)21-9-6-19(28)7-10-21)26(34)24-16-32(27(3,4)5)15-23(24)22-11-8-20(29)12-25(22)30/h6-12,17-18,23-24H,13-16H2,1-5H3/t17-,18+,23-,24+/m1/s1. The van der Waals surface area contributed by atoms with Crippen LogP contribution in [0.25, 0.3) is 0 Å². The number of carbonyl (C=O) groups is 1. The highest BCUT2D eigenvalue weighted by atomic mass is 19.1. The molecule has 2 aliphatic heterocycles. The Labute approximate surface area is 200 Å². The summed E-state index contributed by atoms with van der Waals surface area (Å²) in [5.41, 5.74) is 1.16. The number of rotatable bonds is 3. The molecule has 4 nitrogen and oxygen atoms in total. The van der Waals surface area contributed by atoms with Crippen molar-refractivity contribution in [3.05, 3.63) is 65.5 Å². The molecule has 0 radical (unpaired) electrons. The van der Waals surface area contributed by atoms with Crippen molar-refractivity contribution < 1.29 is 18.0 Å². The number of amides is 1. The van der Waals surface area contributed by atoms with E-state index in [2.05, 4.69) is 44.4 Å². The van der Waals surface area contributed by atoms with Crippen molar-refractivity contribution in [2.75, 3.05) is 31.1 Å². The molecule has 0 N–H and O–H groups in total. The van der Waals surface area contributed by atoms with E-state index >= 15 is 0 Å². The smallest absolute Gasteiger partial charge is 0.227 e. The van der Waals surface area contributed by atoms with Crippen LogP contribution in [-0.4, -0.2) is 59.5 Å². The van der Waals surface area contributed by atoms with Gasteiger partial charge in [0.15, 0.2) is 0 Å². The summed E-state index contributed by atoms with van der Waals surface area (Å²) in [4.78, 5) is 20.2. The number of nitrogens with zero attached hydrogens (tertiary/aromatic N) is 3. The van der Waals surface area contributed by atoms with Crippen LogP contribution in [0.15, 0.2) is 42.5 Å². The van der Waals surface area contributed by atoms with Gasteiger partial charge < -0.3 is 9.80 Å². The zero-order valence-corrected chi connectivity index (χ0v) is 20.6. The van der Waals surface area contributed by atoms with Gasteiger partial charge >= 0.3 is 0 Å². The van der Waals surface area contributed by atoms with Crippen molar-refractivity contribution in [1.82, 2.24) is 9.80 Å². The van der Waals surface area contributed by atoms with Gasteiger partial charge in [-0.3, -0.25) is 9.69 Å². The van der Waals surface area contributed by atoms with Crippen LogP contribution in [0.2, 0.25) is 0 Å². The Morgan fingerprint density at radius 1 is 0.853 bits per heavy atom. The second-order valence-corrected chi connectivity index (χ2v) is 10.8. The normalized spacial score (nSPS) is 26.2.